The summed E-state index contributed by atoms with van der Waals surface area (Å²) >= 11 is 0. The molecular formula is C83H152O33. The molecule has 0 aliphatic carbocycles. The van der Waals surface area contributed by atoms with Crippen LogP contribution in [-0.4, -0.2) is 338 Å². The van der Waals surface area contributed by atoms with E-state index in [-0.39, 0.29) is 37.3 Å². The van der Waals surface area contributed by atoms with Crippen molar-refractivity contribution in [3.63, 3.8) is 0 Å². The largest absolute Gasteiger partial charge is 0.463 e. The number of hydrogen-bond donors (Lipinski definition) is 16. The first-order valence-corrected chi connectivity index (χ1v) is 44.0. The van der Waals surface area contributed by atoms with Gasteiger partial charge in [-0.2, -0.15) is 0 Å². The van der Waals surface area contributed by atoms with E-state index in [4.69, 9.17) is 71.1 Å². The Balaban J connectivity index is 0.871. The Morgan fingerprint density at radius 1 is 0.319 bits per heavy atom. The summed E-state index contributed by atoms with van der Waals surface area (Å²) in [5, 5.41) is 169. The Bertz CT molecular complexity index is 2520. The van der Waals surface area contributed by atoms with Crippen LogP contribution < -0.4 is 0 Å². The number of rotatable bonds is 54. The van der Waals surface area contributed by atoms with Gasteiger partial charge in [0.1, 0.15) is 135 Å². The van der Waals surface area contributed by atoms with Crippen molar-refractivity contribution in [1.82, 2.24) is 0 Å². The number of aliphatic hydroxyl groups excluding tert-OH is 16. The van der Waals surface area contributed by atoms with Crippen LogP contribution in [0.4, 0.5) is 0 Å². The van der Waals surface area contributed by atoms with E-state index in [9.17, 15) is 91.3 Å². The molecule has 6 heterocycles. The van der Waals surface area contributed by atoms with Crippen molar-refractivity contribution < 1.29 is 162 Å². The van der Waals surface area contributed by atoms with Gasteiger partial charge in [0, 0.05) is 21.3 Å². The fraction of sp³-hybridized carbons (Fsp3) is 0.976. The van der Waals surface area contributed by atoms with E-state index >= 15 is 0 Å². The van der Waals surface area contributed by atoms with Crippen LogP contribution in [0.5, 0.6) is 0 Å². The molecule has 33 nitrogen and oxygen atoms in total. The van der Waals surface area contributed by atoms with Gasteiger partial charge in [-0.15, -0.1) is 0 Å². The average molecular weight is 1680 g/mol. The van der Waals surface area contributed by atoms with Gasteiger partial charge in [-0.1, -0.05) is 193 Å². The molecule has 0 aromatic rings. The number of carbonyl (C=O) groups is 2. The molecule has 6 saturated heterocycles. The van der Waals surface area contributed by atoms with Crippen molar-refractivity contribution in [2.45, 2.75) is 461 Å². The van der Waals surface area contributed by atoms with E-state index in [1.165, 1.54) is 21.3 Å². The van der Waals surface area contributed by atoms with E-state index in [1.807, 2.05) is 6.92 Å². The number of carbonyl (C=O) groups excluding carboxylic acids is 2. The minimum Gasteiger partial charge on any atom is -0.463 e. The molecule has 116 heavy (non-hydrogen) atoms. The standard InChI is InChI=1S/C83H152O33/c1-51(87)36-28-26-34-40-53(108-82-77(103-4)72(98)65(91)58(47-85)113-82)38-30-22-19-15-12-9-13-17-21-25-33-43-56-45-63(89)106-50-60-67(93)69(95)74(100)79(115-60)110-55(44-62(88)105-49-61-68(94)70(96)75(101)80(111-56)116-61)42-32-24-20-16-11-8-6-7-10-14-18-23-31-39-54(109-83-78(104-5)73(99)66(92)59(48-86)114-83)41-35-27-29-37-52(2)107-81-76(102-3)71(97)64(90)57(46-84)112-81/h51-61,64-87,90-101H,6-50H2,1-5H3/t51?,52?,53?,54?,55?,56?,57-,58-,59-,60?,61?,64-,65-,66-,67?,68?,69?,70?,71+,72+,73+,74?,75?,76-,77-,78-,79?,80?,81-,82-,83-/m1/s1. The minimum atomic E-state index is -1.77. The predicted molar refractivity (Wildman–Crippen MR) is 417 cm³/mol. The SMILES string of the molecule is CO[C@H]1[C@H](OC(C)CCCCCC(CCCCCCCCCCCCCCCC2CC(=O)OCC3OC(OC(CCCCCCCCCCCCCC(CCCCCC(C)O)O[C@@H]4O[C@H](CO)[C@@H](O)[C@H](O)[C@H]4OC)CC(=O)OCC4OC(O2)C(O)C(O)C4O)C(O)C(O)C3O)O[C@@H]2O[C@H](CO)[C@@H](O)[C@H](O)[C@H]2OC)O[C@H](CO)[C@@H](O)[C@@H]1O. The highest BCUT2D eigenvalue weighted by Crippen LogP contribution is 2.34. The molecular weight excluding hydrogens is 1520 g/mol. The molecule has 6 aliphatic heterocycles. The molecule has 682 valence electrons. The summed E-state index contributed by atoms with van der Waals surface area (Å²) in [4.78, 5) is 27.2. The fourth-order valence-corrected chi connectivity index (χ4v) is 16.5. The lowest BCUT2D eigenvalue weighted by atomic mass is 9.98. The average Bonchev–Trinajstić information content (AvgIpc) is 0.834. The number of esters is 2. The molecule has 0 aromatic carbocycles. The Morgan fingerprint density at radius 3 is 0.897 bits per heavy atom. The van der Waals surface area contributed by atoms with Crippen LogP contribution in [0.2, 0.25) is 0 Å². The molecule has 0 saturated carbocycles. The van der Waals surface area contributed by atoms with E-state index in [0.717, 1.165) is 205 Å². The molecule has 33 heteroatoms. The molecule has 31 atom stereocenters. The third kappa shape index (κ3) is 35.1. The van der Waals surface area contributed by atoms with Crippen LogP contribution in [0, 0.1) is 0 Å². The molecule has 0 aromatic heterocycles. The van der Waals surface area contributed by atoms with Crippen LogP contribution in [0.3, 0.4) is 0 Å². The molecule has 16 N–H and O–H groups in total. The quantitative estimate of drug-likeness (QED) is 0.0302. The molecule has 0 spiro atoms. The summed E-state index contributed by atoms with van der Waals surface area (Å²) in [5.41, 5.74) is 0. The zero-order valence-electron chi connectivity index (χ0n) is 69.8. The third-order valence-corrected chi connectivity index (χ3v) is 23.8. The maximum Gasteiger partial charge on any atom is 0.308 e. The van der Waals surface area contributed by atoms with Gasteiger partial charge in [0.25, 0.3) is 0 Å². The lowest BCUT2D eigenvalue weighted by Gasteiger charge is -2.42. The van der Waals surface area contributed by atoms with Crippen LogP contribution in [0.25, 0.3) is 0 Å². The van der Waals surface area contributed by atoms with Crippen LogP contribution in [-0.2, 0) is 80.6 Å². The van der Waals surface area contributed by atoms with Crippen LogP contribution >= 0.6 is 0 Å². The Labute approximate surface area is 686 Å². The highest BCUT2D eigenvalue weighted by Gasteiger charge is 2.51. The lowest BCUT2D eigenvalue weighted by molar-refractivity contribution is -0.316. The molecule has 6 fully saturated rings. The molecule has 16 unspecified atom stereocenters. The van der Waals surface area contributed by atoms with Crippen molar-refractivity contribution in [2.24, 2.45) is 0 Å². The van der Waals surface area contributed by atoms with Gasteiger partial charge in [-0.25, -0.2) is 0 Å². The van der Waals surface area contributed by atoms with Crippen molar-refractivity contribution in [1.29, 1.82) is 0 Å². The van der Waals surface area contributed by atoms with Crippen molar-refractivity contribution in [2.75, 3.05) is 54.4 Å². The zero-order chi connectivity index (χ0) is 84.5. The highest BCUT2D eigenvalue weighted by atomic mass is 16.8. The predicted octanol–water partition coefficient (Wildman–Crippen LogP) is 3.99. The normalized spacial score (nSPS) is 35.6. The number of ether oxygens (including phenoxy) is 15. The Kier molecular flexibility index (Phi) is 50.7. The number of methoxy groups -OCH3 is 3. The number of unbranched alkanes of at least 4 members (excludes halogenated alkanes) is 26. The topological polar surface area (TPSA) is 496 Å². The van der Waals surface area contributed by atoms with Crippen molar-refractivity contribution >= 4 is 11.9 Å². The van der Waals surface area contributed by atoms with Gasteiger partial charge >= 0.3 is 11.9 Å². The summed E-state index contributed by atoms with van der Waals surface area (Å²) in [7, 11) is 4.22. The van der Waals surface area contributed by atoms with Gasteiger partial charge in [0.15, 0.2) is 31.5 Å². The molecule has 0 radical (unpaired) electrons. The maximum atomic E-state index is 13.6. The van der Waals surface area contributed by atoms with Crippen LogP contribution in [0.15, 0.2) is 0 Å². The van der Waals surface area contributed by atoms with E-state index < -0.39 is 211 Å². The highest BCUT2D eigenvalue weighted by molar-refractivity contribution is 5.70. The first-order valence-electron chi connectivity index (χ1n) is 44.0. The summed E-state index contributed by atoms with van der Waals surface area (Å²) in [6, 6.07) is 0. The lowest BCUT2D eigenvalue weighted by Crippen LogP contribution is -2.60. The van der Waals surface area contributed by atoms with Crippen molar-refractivity contribution in [3.8, 4) is 0 Å². The minimum absolute atomic E-state index is 0.187. The van der Waals surface area contributed by atoms with Gasteiger partial charge < -0.3 is 153 Å². The van der Waals surface area contributed by atoms with E-state index in [0.29, 0.717) is 38.5 Å². The summed E-state index contributed by atoms with van der Waals surface area (Å²) < 4.78 is 88.3. The van der Waals surface area contributed by atoms with E-state index in [1.54, 1.807) is 6.92 Å². The molecule has 4 bridgehead atoms. The van der Waals surface area contributed by atoms with Gasteiger partial charge in [0.2, 0.25) is 0 Å². The molecule has 6 rings (SSSR count). The summed E-state index contributed by atoms with van der Waals surface area (Å²) in [6.45, 7) is 1.10. The van der Waals surface area contributed by atoms with Gasteiger partial charge in [0.05, 0.1) is 69.3 Å². The first kappa shape index (κ1) is 103. The zero-order valence-corrected chi connectivity index (χ0v) is 69.8. The van der Waals surface area contributed by atoms with Crippen LogP contribution in [0.1, 0.15) is 271 Å². The number of hydrogen-bond acceptors (Lipinski definition) is 33. The van der Waals surface area contributed by atoms with Crippen molar-refractivity contribution in [3.05, 3.63) is 0 Å². The maximum absolute atomic E-state index is 13.6. The Hall–Kier alpha value is -2.22. The Morgan fingerprint density at radius 2 is 0.595 bits per heavy atom. The molecule has 6 aliphatic rings. The second-order valence-corrected chi connectivity index (χ2v) is 33.3. The smallest absolute Gasteiger partial charge is 0.308 e. The number of fused-ring (bicyclic) bond motifs is 4. The summed E-state index contributed by atoms with van der Waals surface area (Å²) in [6.07, 6.45) is -3.24. The second-order valence-electron chi connectivity index (χ2n) is 33.3. The summed E-state index contributed by atoms with van der Waals surface area (Å²) in [5.74, 6) is -1.54. The second kappa shape index (κ2) is 57.3. The van der Waals surface area contributed by atoms with Gasteiger partial charge in [-0.3, -0.25) is 9.59 Å². The molecule has 0 amide bonds. The third-order valence-electron chi connectivity index (χ3n) is 23.8. The number of cyclic esters (lactones) is 2. The monoisotopic (exact) mass is 1680 g/mol. The first-order chi connectivity index (χ1) is 55.9. The van der Waals surface area contributed by atoms with Gasteiger partial charge in [-0.05, 0) is 65.2 Å². The fourth-order valence-electron chi connectivity index (χ4n) is 16.5. The van der Waals surface area contributed by atoms with E-state index in [2.05, 4.69) is 0 Å². The number of aliphatic hydroxyl groups is 16.